The fourth-order valence-corrected chi connectivity index (χ4v) is 1.08. The highest BCUT2D eigenvalue weighted by molar-refractivity contribution is 6.17. The van der Waals surface area contributed by atoms with Gasteiger partial charge in [0.15, 0.2) is 0 Å². The van der Waals surface area contributed by atoms with E-state index in [0.29, 0.717) is 24.8 Å². The molecule has 0 aromatic rings. The lowest BCUT2D eigenvalue weighted by atomic mass is 9.80. The Labute approximate surface area is 92.4 Å². The normalized spacial score (nSPS) is 13.8. The van der Waals surface area contributed by atoms with Gasteiger partial charge in [-0.15, -0.1) is 11.6 Å². The zero-order chi connectivity index (χ0) is 11.2. The third-order valence-corrected chi connectivity index (χ3v) is 2.87. The zero-order valence-electron chi connectivity index (χ0n) is 9.69. The molecule has 14 heavy (non-hydrogen) atoms. The minimum Gasteiger partial charge on any atom is -0.356 e. The van der Waals surface area contributed by atoms with Crippen molar-refractivity contribution in [1.29, 1.82) is 0 Å². The Balaban J connectivity index is 3.72. The average Bonchev–Trinajstić information content (AvgIpc) is 2.03. The van der Waals surface area contributed by atoms with E-state index in [4.69, 9.17) is 11.6 Å². The molecule has 3 heteroatoms. The average molecular weight is 220 g/mol. The molecule has 0 radical (unpaired) electrons. The standard InChI is InChI=1S/C11H22ClNO/c1-9(11(2,3)4)8-10(14)13-7-5-6-12/h9H,5-8H2,1-4H3,(H,13,14). The van der Waals surface area contributed by atoms with Gasteiger partial charge >= 0.3 is 0 Å². The van der Waals surface area contributed by atoms with Gasteiger partial charge in [0.1, 0.15) is 0 Å². The molecule has 2 nitrogen and oxygen atoms in total. The van der Waals surface area contributed by atoms with Gasteiger partial charge in [-0.3, -0.25) is 4.79 Å². The van der Waals surface area contributed by atoms with Crippen LogP contribution in [-0.4, -0.2) is 18.3 Å². The van der Waals surface area contributed by atoms with E-state index in [-0.39, 0.29) is 11.3 Å². The first kappa shape index (κ1) is 13.8. The quantitative estimate of drug-likeness (QED) is 0.559. The minimum absolute atomic E-state index is 0.137. The summed E-state index contributed by atoms with van der Waals surface area (Å²) in [4.78, 5) is 11.4. The Bertz CT molecular complexity index is 175. The fraction of sp³-hybridized carbons (Fsp3) is 0.909. The number of rotatable bonds is 5. The number of hydrogen-bond acceptors (Lipinski definition) is 1. The topological polar surface area (TPSA) is 29.1 Å². The van der Waals surface area contributed by atoms with Crippen LogP contribution in [0.4, 0.5) is 0 Å². The zero-order valence-corrected chi connectivity index (χ0v) is 10.4. The van der Waals surface area contributed by atoms with Gasteiger partial charge in [-0.05, 0) is 17.8 Å². The second-order valence-corrected chi connectivity index (χ2v) is 5.24. The summed E-state index contributed by atoms with van der Waals surface area (Å²) in [7, 11) is 0. The van der Waals surface area contributed by atoms with Crippen molar-refractivity contribution in [3.05, 3.63) is 0 Å². The first-order valence-electron chi connectivity index (χ1n) is 5.20. The number of amides is 1. The van der Waals surface area contributed by atoms with E-state index in [1.54, 1.807) is 0 Å². The lowest BCUT2D eigenvalue weighted by Crippen LogP contribution is -2.29. The van der Waals surface area contributed by atoms with Gasteiger partial charge in [-0.25, -0.2) is 0 Å². The molecule has 1 N–H and O–H groups in total. The van der Waals surface area contributed by atoms with Crippen LogP contribution in [0, 0.1) is 11.3 Å². The number of nitrogens with one attached hydrogen (secondary N) is 1. The maximum Gasteiger partial charge on any atom is 0.220 e. The van der Waals surface area contributed by atoms with Crippen LogP contribution in [0.25, 0.3) is 0 Å². The van der Waals surface area contributed by atoms with E-state index in [1.807, 2.05) is 0 Å². The van der Waals surface area contributed by atoms with Gasteiger partial charge in [-0.1, -0.05) is 27.7 Å². The summed E-state index contributed by atoms with van der Waals surface area (Å²) in [6.07, 6.45) is 1.45. The molecule has 0 aromatic heterocycles. The van der Waals surface area contributed by atoms with Gasteiger partial charge < -0.3 is 5.32 Å². The summed E-state index contributed by atoms with van der Waals surface area (Å²) in [6.45, 7) is 9.28. The molecule has 0 heterocycles. The van der Waals surface area contributed by atoms with Crippen LogP contribution in [0.2, 0.25) is 0 Å². The molecule has 84 valence electrons. The monoisotopic (exact) mass is 219 g/mol. The van der Waals surface area contributed by atoms with Crippen molar-refractivity contribution in [2.24, 2.45) is 11.3 Å². The fourth-order valence-electron chi connectivity index (χ4n) is 0.951. The van der Waals surface area contributed by atoms with Crippen LogP contribution < -0.4 is 5.32 Å². The van der Waals surface area contributed by atoms with E-state index < -0.39 is 0 Å². The second kappa shape index (κ2) is 6.28. The molecule has 1 unspecified atom stereocenters. The molecule has 0 bridgehead atoms. The van der Waals surface area contributed by atoms with Gasteiger partial charge in [0.25, 0.3) is 0 Å². The highest BCUT2D eigenvalue weighted by Gasteiger charge is 2.22. The van der Waals surface area contributed by atoms with E-state index in [9.17, 15) is 4.79 Å². The smallest absolute Gasteiger partial charge is 0.220 e. The molecular weight excluding hydrogens is 198 g/mol. The van der Waals surface area contributed by atoms with Crippen molar-refractivity contribution < 1.29 is 4.79 Å². The highest BCUT2D eigenvalue weighted by atomic mass is 35.5. The number of carbonyl (C=O) groups is 1. The van der Waals surface area contributed by atoms with Gasteiger partial charge in [0.05, 0.1) is 0 Å². The molecule has 0 fully saturated rings. The van der Waals surface area contributed by atoms with Crippen LogP contribution in [0.15, 0.2) is 0 Å². The Kier molecular flexibility index (Phi) is 6.17. The third kappa shape index (κ3) is 6.25. The Morgan fingerprint density at radius 2 is 2.00 bits per heavy atom. The van der Waals surface area contributed by atoms with Crippen molar-refractivity contribution in [2.75, 3.05) is 12.4 Å². The summed E-state index contributed by atoms with van der Waals surface area (Å²) in [6, 6.07) is 0. The number of alkyl halides is 1. The van der Waals surface area contributed by atoms with Crippen LogP contribution in [-0.2, 0) is 4.79 Å². The van der Waals surface area contributed by atoms with Crippen molar-refractivity contribution in [3.63, 3.8) is 0 Å². The number of halogens is 1. The molecule has 0 aromatic carbocycles. The van der Waals surface area contributed by atoms with Gasteiger partial charge in [0, 0.05) is 18.8 Å². The van der Waals surface area contributed by atoms with Gasteiger partial charge in [-0.2, -0.15) is 0 Å². The summed E-state index contributed by atoms with van der Waals surface area (Å²) in [5, 5.41) is 2.86. The third-order valence-electron chi connectivity index (χ3n) is 2.60. The van der Waals surface area contributed by atoms with Crippen LogP contribution >= 0.6 is 11.6 Å². The first-order chi connectivity index (χ1) is 6.38. The molecule has 0 spiro atoms. The molecule has 1 amide bonds. The summed E-state index contributed by atoms with van der Waals surface area (Å²) < 4.78 is 0. The Hall–Kier alpha value is -0.240. The van der Waals surface area contributed by atoms with Crippen LogP contribution in [0.5, 0.6) is 0 Å². The predicted molar refractivity (Wildman–Crippen MR) is 61.6 cm³/mol. The lowest BCUT2D eigenvalue weighted by Gasteiger charge is -2.26. The molecule has 0 saturated carbocycles. The molecule has 1 atom stereocenters. The van der Waals surface area contributed by atoms with Crippen molar-refractivity contribution in [3.8, 4) is 0 Å². The van der Waals surface area contributed by atoms with Crippen molar-refractivity contribution in [1.82, 2.24) is 5.32 Å². The summed E-state index contributed by atoms with van der Waals surface area (Å²) in [5.74, 6) is 1.14. The van der Waals surface area contributed by atoms with Crippen LogP contribution in [0.1, 0.15) is 40.5 Å². The van der Waals surface area contributed by atoms with Crippen molar-refractivity contribution in [2.45, 2.75) is 40.5 Å². The minimum atomic E-state index is 0.137. The second-order valence-electron chi connectivity index (χ2n) is 4.86. The lowest BCUT2D eigenvalue weighted by molar-refractivity contribution is -0.122. The van der Waals surface area contributed by atoms with E-state index >= 15 is 0 Å². The molecule has 0 aliphatic heterocycles. The molecule has 0 aliphatic rings. The number of hydrogen-bond donors (Lipinski definition) is 1. The highest BCUT2D eigenvalue weighted by Crippen LogP contribution is 2.27. The Morgan fingerprint density at radius 3 is 2.43 bits per heavy atom. The molecule has 0 aliphatic carbocycles. The molecular formula is C11H22ClNO. The first-order valence-corrected chi connectivity index (χ1v) is 5.74. The Morgan fingerprint density at radius 1 is 1.43 bits per heavy atom. The van der Waals surface area contributed by atoms with E-state index in [0.717, 1.165) is 6.42 Å². The largest absolute Gasteiger partial charge is 0.356 e. The molecule has 0 rings (SSSR count). The predicted octanol–water partition coefficient (Wildman–Crippen LogP) is 2.80. The maximum absolute atomic E-state index is 11.4. The SMILES string of the molecule is CC(CC(=O)NCCCCl)C(C)(C)C. The number of carbonyl (C=O) groups excluding carboxylic acids is 1. The summed E-state index contributed by atoms with van der Waals surface area (Å²) >= 11 is 5.51. The van der Waals surface area contributed by atoms with E-state index in [1.165, 1.54) is 0 Å². The van der Waals surface area contributed by atoms with Crippen LogP contribution in [0.3, 0.4) is 0 Å². The van der Waals surface area contributed by atoms with Crippen molar-refractivity contribution >= 4 is 17.5 Å². The van der Waals surface area contributed by atoms with E-state index in [2.05, 4.69) is 33.0 Å². The van der Waals surface area contributed by atoms with Gasteiger partial charge in [0.2, 0.25) is 5.91 Å². The molecule has 0 saturated heterocycles. The summed E-state index contributed by atoms with van der Waals surface area (Å²) in [5.41, 5.74) is 0.198. The maximum atomic E-state index is 11.4.